The topological polar surface area (TPSA) is 37.5 Å². The summed E-state index contributed by atoms with van der Waals surface area (Å²) in [5, 5.41) is 12.6. The van der Waals surface area contributed by atoms with Gasteiger partial charge in [0.05, 0.1) is 11.3 Å². The van der Waals surface area contributed by atoms with E-state index in [4.69, 9.17) is 0 Å². The van der Waals surface area contributed by atoms with Crippen LogP contribution in [0.15, 0.2) is 46.5 Å². The standard InChI is InChI=1S/C14H13BrN2OS/c1-14(18,10-2-4-11(15)5-3-10)8-12-9-17-6-7-19-13(17)16-12/h2-7,9,18H,8H2,1H3. The minimum Gasteiger partial charge on any atom is -0.385 e. The second-order valence-electron chi connectivity index (χ2n) is 4.78. The van der Waals surface area contributed by atoms with Crippen molar-refractivity contribution in [3.05, 3.63) is 57.8 Å². The van der Waals surface area contributed by atoms with E-state index in [0.29, 0.717) is 6.42 Å². The van der Waals surface area contributed by atoms with Crippen LogP contribution in [-0.2, 0) is 12.0 Å². The smallest absolute Gasteiger partial charge is 0.193 e. The Labute approximate surface area is 123 Å². The average Bonchev–Trinajstić information content (AvgIpc) is 2.89. The van der Waals surface area contributed by atoms with Crippen LogP contribution < -0.4 is 0 Å². The molecule has 19 heavy (non-hydrogen) atoms. The molecule has 0 aliphatic rings. The molecule has 0 radical (unpaired) electrons. The summed E-state index contributed by atoms with van der Waals surface area (Å²) in [4.78, 5) is 5.47. The van der Waals surface area contributed by atoms with E-state index < -0.39 is 5.60 Å². The molecule has 0 spiro atoms. The van der Waals surface area contributed by atoms with Crippen molar-refractivity contribution in [2.45, 2.75) is 18.9 Å². The van der Waals surface area contributed by atoms with Crippen molar-refractivity contribution in [1.29, 1.82) is 0 Å². The minimum atomic E-state index is -0.912. The predicted octanol–water partition coefficient (Wildman–Crippen LogP) is 3.61. The van der Waals surface area contributed by atoms with E-state index in [9.17, 15) is 5.11 Å². The first-order valence-electron chi connectivity index (χ1n) is 5.94. The number of rotatable bonds is 3. The van der Waals surface area contributed by atoms with Gasteiger partial charge in [-0.15, -0.1) is 11.3 Å². The highest BCUT2D eigenvalue weighted by atomic mass is 79.9. The fourth-order valence-corrected chi connectivity index (χ4v) is 3.11. The fraction of sp³-hybridized carbons (Fsp3) is 0.214. The molecule has 0 saturated carbocycles. The van der Waals surface area contributed by atoms with Crippen molar-refractivity contribution in [1.82, 2.24) is 9.38 Å². The molecule has 3 aromatic rings. The Hall–Kier alpha value is -1.17. The molecule has 1 N–H and O–H groups in total. The van der Waals surface area contributed by atoms with E-state index in [2.05, 4.69) is 20.9 Å². The predicted molar refractivity (Wildman–Crippen MR) is 80.5 cm³/mol. The van der Waals surface area contributed by atoms with Gasteiger partial charge in [-0.2, -0.15) is 0 Å². The van der Waals surface area contributed by atoms with E-state index in [-0.39, 0.29) is 0 Å². The molecule has 1 unspecified atom stereocenters. The highest BCUT2D eigenvalue weighted by molar-refractivity contribution is 9.10. The van der Waals surface area contributed by atoms with Crippen LogP contribution in [0, 0.1) is 0 Å². The van der Waals surface area contributed by atoms with E-state index in [1.807, 2.05) is 53.4 Å². The maximum Gasteiger partial charge on any atom is 0.193 e. The number of hydrogen-bond acceptors (Lipinski definition) is 3. The van der Waals surface area contributed by atoms with Crippen molar-refractivity contribution in [2.75, 3.05) is 0 Å². The lowest BCUT2D eigenvalue weighted by Gasteiger charge is -2.22. The number of nitrogens with zero attached hydrogens (tertiary/aromatic N) is 2. The Bertz CT molecular complexity index is 671. The summed E-state index contributed by atoms with van der Waals surface area (Å²) in [5.74, 6) is 0. The molecule has 0 fully saturated rings. The van der Waals surface area contributed by atoms with E-state index in [1.54, 1.807) is 11.3 Å². The Morgan fingerprint density at radius 1 is 1.37 bits per heavy atom. The normalized spacial score (nSPS) is 14.7. The lowest BCUT2D eigenvalue weighted by molar-refractivity contribution is 0.0567. The number of imidazole rings is 1. The van der Waals surface area contributed by atoms with Crippen molar-refractivity contribution in [3.8, 4) is 0 Å². The molecule has 2 aromatic heterocycles. The zero-order valence-electron chi connectivity index (χ0n) is 10.4. The molecule has 1 atom stereocenters. The molecule has 0 bridgehead atoms. The monoisotopic (exact) mass is 336 g/mol. The van der Waals surface area contributed by atoms with Gasteiger partial charge < -0.3 is 5.11 Å². The highest BCUT2D eigenvalue weighted by Crippen LogP contribution is 2.26. The van der Waals surface area contributed by atoms with Crippen molar-refractivity contribution in [3.63, 3.8) is 0 Å². The third-order valence-corrected chi connectivity index (χ3v) is 4.43. The van der Waals surface area contributed by atoms with Crippen LogP contribution in [0.1, 0.15) is 18.2 Å². The lowest BCUT2D eigenvalue weighted by Crippen LogP contribution is -2.24. The molecule has 0 saturated heterocycles. The third-order valence-electron chi connectivity index (χ3n) is 3.13. The van der Waals surface area contributed by atoms with Crippen LogP contribution in [0.5, 0.6) is 0 Å². The van der Waals surface area contributed by atoms with Gasteiger partial charge in [-0.1, -0.05) is 28.1 Å². The van der Waals surface area contributed by atoms with Gasteiger partial charge in [-0.05, 0) is 24.6 Å². The van der Waals surface area contributed by atoms with E-state index >= 15 is 0 Å². The van der Waals surface area contributed by atoms with Gasteiger partial charge in [0.1, 0.15) is 0 Å². The van der Waals surface area contributed by atoms with Gasteiger partial charge in [-0.25, -0.2) is 4.98 Å². The number of aliphatic hydroxyl groups is 1. The first-order chi connectivity index (χ1) is 9.04. The Balaban J connectivity index is 1.88. The van der Waals surface area contributed by atoms with E-state index in [1.165, 1.54) is 0 Å². The molecule has 0 aliphatic carbocycles. The van der Waals surface area contributed by atoms with E-state index in [0.717, 1.165) is 20.7 Å². The number of fused-ring (bicyclic) bond motifs is 1. The SMILES string of the molecule is CC(O)(Cc1cn2ccsc2n1)c1ccc(Br)cc1. The van der Waals surface area contributed by atoms with Gasteiger partial charge in [0.25, 0.3) is 0 Å². The zero-order valence-corrected chi connectivity index (χ0v) is 12.8. The summed E-state index contributed by atoms with van der Waals surface area (Å²) >= 11 is 5.00. The van der Waals surface area contributed by atoms with Crippen molar-refractivity contribution < 1.29 is 5.11 Å². The minimum absolute atomic E-state index is 0.503. The van der Waals surface area contributed by atoms with Crippen molar-refractivity contribution >= 4 is 32.2 Å². The quantitative estimate of drug-likeness (QED) is 0.793. The number of aromatic nitrogens is 2. The molecule has 0 aliphatic heterocycles. The summed E-state index contributed by atoms with van der Waals surface area (Å²) < 4.78 is 2.99. The first-order valence-corrected chi connectivity index (χ1v) is 7.61. The molecule has 98 valence electrons. The molecule has 5 heteroatoms. The second kappa shape index (κ2) is 4.74. The van der Waals surface area contributed by atoms with Crippen LogP contribution in [0.2, 0.25) is 0 Å². The van der Waals surface area contributed by atoms with Gasteiger partial charge in [0.2, 0.25) is 0 Å². The van der Waals surface area contributed by atoms with Crippen LogP contribution in [0.25, 0.3) is 4.96 Å². The van der Waals surface area contributed by atoms with Crippen LogP contribution in [0.4, 0.5) is 0 Å². The number of benzene rings is 1. The Morgan fingerprint density at radius 2 is 2.11 bits per heavy atom. The Morgan fingerprint density at radius 3 is 2.79 bits per heavy atom. The Kier molecular flexibility index (Phi) is 3.20. The summed E-state index contributed by atoms with van der Waals surface area (Å²) in [6.07, 6.45) is 4.45. The molecule has 0 amide bonds. The van der Waals surface area contributed by atoms with Gasteiger partial charge >= 0.3 is 0 Å². The van der Waals surface area contributed by atoms with Gasteiger partial charge in [-0.3, -0.25) is 4.40 Å². The molecule has 1 aromatic carbocycles. The van der Waals surface area contributed by atoms with Crippen LogP contribution >= 0.6 is 27.3 Å². The maximum atomic E-state index is 10.6. The molecular formula is C14H13BrN2OS. The molecule has 3 rings (SSSR count). The molecular weight excluding hydrogens is 324 g/mol. The summed E-state index contributed by atoms with van der Waals surface area (Å²) in [5.41, 5.74) is 0.886. The average molecular weight is 337 g/mol. The highest BCUT2D eigenvalue weighted by Gasteiger charge is 2.24. The summed E-state index contributed by atoms with van der Waals surface area (Å²) in [7, 11) is 0. The second-order valence-corrected chi connectivity index (χ2v) is 6.57. The van der Waals surface area contributed by atoms with Crippen LogP contribution in [-0.4, -0.2) is 14.5 Å². The zero-order chi connectivity index (χ0) is 13.5. The number of thiazole rings is 1. The van der Waals surface area contributed by atoms with Crippen molar-refractivity contribution in [2.24, 2.45) is 0 Å². The van der Waals surface area contributed by atoms with Gasteiger partial charge in [0, 0.05) is 28.7 Å². The number of halogens is 1. The van der Waals surface area contributed by atoms with Crippen LogP contribution in [0.3, 0.4) is 0 Å². The summed E-state index contributed by atoms with van der Waals surface area (Å²) in [6.45, 7) is 1.82. The number of hydrogen-bond donors (Lipinski definition) is 1. The molecule has 3 nitrogen and oxygen atoms in total. The molecule has 2 heterocycles. The maximum absolute atomic E-state index is 10.6. The summed E-state index contributed by atoms with van der Waals surface area (Å²) in [6, 6.07) is 7.75. The lowest BCUT2D eigenvalue weighted by atomic mass is 9.91. The largest absolute Gasteiger partial charge is 0.385 e. The third kappa shape index (κ3) is 2.59. The van der Waals surface area contributed by atoms with Gasteiger partial charge in [0.15, 0.2) is 4.96 Å². The first kappa shape index (κ1) is 12.8. The fourth-order valence-electron chi connectivity index (χ4n) is 2.12.